The van der Waals surface area contributed by atoms with Gasteiger partial charge in [-0.2, -0.15) is 11.3 Å². The summed E-state index contributed by atoms with van der Waals surface area (Å²) in [5.41, 5.74) is 9.44. The van der Waals surface area contributed by atoms with Crippen molar-refractivity contribution >= 4 is 22.9 Å². The van der Waals surface area contributed by atoms with Gasteiger partial charge in [-0.05, 0) is 59.9 Å². The van der Waals surface area contributed by atoms with E-state index in [0.717, 1.165) is 30.5 Å². The van der Waals surface area contributed by atoms with Crippen LogP contribution < -0.4 is 5.73 Å². The van der Waals surface area contributed by atoms with E-state index in [0.29, 0.717) is 5.69 Å². The highest BCUT2D eigenvalue weighted by molar-refractivity contribution is 7.07. The fraction of sp³-hybridized carbons (Fsp3) is 0.312. The molecule has 0 aliphatic carbocycles. The number of rotatable bonds is 2. The van der Waals surface area contributed by atoms with E-state index >= 15 is 0 Å². The molecule has 4 heteroatoms. The minimum absolute atomic E-state index is 0.100. The van der Waals surface area contributed by atoms with Gasteiger partial charge in [0.2, 0.25) is 0 Å². The first-order valence-corrected chi connectivity index (χ1v) is 7.80. The molecule has 2 aromatic rings. The highest BCUT2D eigenvalue weighted by atomic mass is 32.1. The fourth-order valence-corrected chi connectivity index (χ4v) is 3.55. The van der Waals surface area contributed by atoms with Crippen LogP contribution in [0.3, 0.4) is 0 Å². The van der Waals surface area contributed by atoms with Gasteiger partial charge in [0.15, 0.2) is 0 Å². The number of hydrogen-bond acceptors (Lipinski definition) is 3. The highest BCUT2D eigenvalue weighted by Gasteiger charge is 2.31. The van der Waals surface area contributed by atoms with E-state index in [1.54, 1.807) is 17.4 Å². The Labute approximate surface area is 123 Å². The number of nitrogens with two attached hydrogens (primary N) is 1. The summed E-state index contributed by atoms with van der Waals surface area (Å²) in [6, 6.07) is 7.88. The number of thiophene rings is 1. The number of amides is 1. The van der Waals surface area contributed by atoms with E-state index in [1.165, 1.54) is 5.56 Å². The molecule has 1 aliphatic heterocycles. The van der Waals surface area contributed by atoms with Crippen molar-refractivity contribution in [2.75, 3.05) is 12.3 Å². The van der Waals surface area contributed by atoms with Crippen molar-refractivity contribution in [1.29, 1.82) is 0 Å². The van der Waals surface area contributed by atoms with Crippen molar-refractivity contribution in [3.63, 3.8) is 0 Å². The Balaban J connectivity index is 1.91. The number of hydrogen-bond donors (Lipinski definition) is 1. The maximum Gasteiger partial charge on any atom is 0.254 e. The van der Waals surface area contributed by atoms with Gasteiger partial charge in [0.05, 0.1) is 6.04 Å². The van der Waals surface area contributed by atoms with Crippen LogP contribution >= 0.6 is 11.3 Å². The van der Waals surface area contributed by atoms with Crippen LogP contribution in [0.15, 0.2) is 35.0 Å². The summed E-state index contributed by atoms with van der Waals surface area (Å²) in [5.74, 6) is 0.100. The summed E-state index contributed by atoms with van der Waals surface area (Å²) < 4.78 is 0. The number of benzene rings is 1. The normalized spacial score (nSPS) is 18.4. The number of carbonyl (C=O) groups excluding carboxylic acids is 1. The molecular formula is C16H18N2OS. The smallest absolute Gasteiger partial charge is 0.254 e. The molecule has 0 spiro atoms. The maximum absolute atomic E-state index is 12.8. The van der Waals surface area contributed by atoms with Crippen molar-refractivity contribution in [2.24, 2.45) is 0 Å². The lowest BCUT2D eigenvalue weighted by Crippen LogP contribution is -2.31. The molecule has 1 fully saturated rings. The van der Waals surface area contributed by atoms with Crippen LogP contribution in [0.2, 0.25) is 0 Å². The van der Waals surface area contributed by atoms with Gasteiger partial charge in [0.1, 0.15) is 0 Å². The predicted molar refractivity (Wildman–Crippen MR) is 82.9 cm³/mol. The van der Waals surface area contributed by atoms with E-state index in [1.807, 2.05) is 24.0 Å². The van der Waals surface area contributed by atoms with Gasteiger partial charge < -0.3 is 10.6 Å². The second kappa shape index (κ2) is 5.29. The Morgan fingerprint density at radius 2 is 2.25 bits per heavy atom. The van der Waals surface area contributed by atoms with Gasteiger partial charge in [-0.15, -0.1) is 0 Å². The van der Waals surface area contributed by atoms with E-state index in [9.17, 15) is 4.79 Å². The van der Waals surface area contributed by atoms with E-state index < -0.39 is 0 Å². The lowest BCUT2D eigenvalue weighted by Gasteiger charge is -2.25. The van der Waals surface area contributed by atoms with E-state index in [2.05, 4.69) is 16.8 Å². The van der Waals surface area contributed by atoms with Gasteiger partial charge in [-0.1, -0.05) is 6.07 Å². The van der Waals surface area contributed by atoms with Gasteiger partial charge in [0.25, 0.3) is 5.91 Å². The quantitative estimate of drug-likeness (QED) is 0.857. The Bertz CT molecular complexity index is 621. The summed E-state index contributed by atoms with van der Waals surface area (Å²) in [4.78, 5) is 14.8. The van der Waals surface area contributed by atoms with Crippen molar-refractivity contribution in [3.8, 4) is 0 Å². The first kappa shape index (κ1) is 13.2. The third-order valence-corrected chi connectivity index (χ3v) is 4.64. The Morgan fingerprint density at radius 3 is 3.00 bits per heavy atom. The lowest BCUT2D eigenvalue weighted by atomic mass is 10.0. The summed E-state index contributed by atoms with van der Waals surface area (Å²) in [5, 5.41) is 4.21. The second-order valence-electron chi connectivity index (χ2n) is 5.29. The number of likely N-dealkylation sites (tertiary alicyclic amines) is 1. The zero-order chi connectivity index (χ0) is 14.1. The van der Waals surface area contributed by atoms with Crippen LogP contribution in [0.5, 0.6) is 0 Å². The summed E-state index contributed by atoms with van der Waals surface area (Å²) in [7, 11) is 0. The summed E-state index contributed by atoms with van der Waals surface area (Å²) >= 11 is 1.68. The molecule has 1 unspecified atom stereocenters. The minimum Gasteiger partial charge on any atom is -0.399 e. The lowest BCUT2D eigenvalue weighted by molar-refractivity contribution is 0.0735. The molecule has 1 aromatic carbocycles. The van der Waals surface area contributed by atoms with E-state index in [4.69, 9.17) is 5.73 Å². The number of nitrogen functional groups attached to an aromatic ring is 1. The zero-order valence-corrected chi connectivity index (χ0v) is 12.3. The molecule has 1 amide bonds. The van der Waals surface area contributed by atoms with Crippen molar-refractivity contribution < 1.29 is 4.79 Å². The molecule has 1 aliphatic rings. The molecule has 2 heterocycles. The molecule has 1 aromatic heterocycles. The first-order valence-electron chi connectivity index (χ1n) is 6.86. The summed E-state index contributed by atoms with van der Waals surface area (Å²) in [6.07, 6.45) is 2.11. The Morgan fingerprint density at radius 1 is 1.40 bits per heavy atom. The standard InChI is InChI=1S/C16H18N2OS/c1-11-4-5-13(17)9-14(11)16(19)18-7-2-3-15(18)12-6-8-20-10-12/h4-6,8-10,15H,2-3,7,17H2,1H3. The van der Waals surface area contributed by atoms with E-state index in [-0.39, 0.29) is 11.9 Å². The molecule has 2 N–H and O–H groups in total. The topological polar surface area (TPSA) is 46.3 Å². The monoisotopic (exact) mass is 286 g/mol. The average molecular weight is 286 g/mol. The van der Waals surface area contributed by atoms with Gasteiger partial charge >= 0.3 is 0 Å². The Hall–Kier alpha value is -1.81. The van der Waals surface area contributed by atoms with Crippen LogP contribution in [0.1, 0.15) is 40.4 Å². The van der Waals surface area contributed by atoms with Crippen molar-refractivity contribution in [3.05, 3.63) is 51.7 Å². The second-order valence-corrected chi connectivity index (χ2v) is 6.07. The fourth-order valence-electron chi connectivity index (χ4n) is 2.85. The molecule has 20 heavy (non-hydrogen) atoms. The van der Waals surface area contributed by atoms with Crippen molar-refractivity contribution in [1.82, 2.24) is 4.90 Å². The van der Waals surface area contributed by atoms with Gasteiger partial charge in [-0.25, -0.2) is 0 Å². The van der Waals surface area contributed by atoms with Gasteiger partial charge in [-0.3, -0.25) is 4.79 Å². The molecule has 1 atom stereocenters. The van der Waals surface area contributed by atoms with Crippen LogP contribution in [0, 0.1) is 6.92 Å². The van der Waals surface area contributed by atoms with Crippen LogP contribution in [0.25, 0.3) is 0 Å². The highest BCUT2D eigenvalue weighted by Crippen LogP contribution is 2.34. The van der Waals surface area contributed by atoms with Gasteiger partial charge in [0, 0.05) is 17.8 Å². The SMILES string of the molecule is Cc1ccc(N)cc1C(=O)N1CCCC1c1ccsc1. The zero-order valence-electron chi connectivity index (χ0n) is 11.5. The third-order valence-electron chi connectivity index (χ3n) is 3.93. The first-order chi connectivity index (χ1) is 9.66. The molecule has 0 saturated carbocycles. The Kier molecular flexibility index (Phi) is 3.49. The van der Waals surface area contributed by atoms with Crippen LogP contribution in [0.4, 0.5) is 5.69 Å². The molecular weight excluding hydrogens is 268 g/mol. The third kappa shape index (κ3) is 2.31. The number of aryl methyl sites for hydroxylation is 1. The largest absolute Gasteiger partial charge is 0.399 e. The summed E-state index contributed by atoms with van der Waals surface area (Å²) in [6.45, 7) is 2.79. The average Bonchev–Trinajstić information content (AvgIpc) is 3.10. The predicted octanol–water partition coefficient (Wildman–Crippen LogP) is 3.62. The van der Waals surface area contributed by atoms with Crippen molar-refractivity contribution in [2.45, 2.75) is 25.8 Å². The van der Waals surface area contributed by atoms with Crippen LogP contribution in [-0.4, -0.2) is 17.4 Å². The minimum atomic E-state index is 0.100. The molecule has 0 bridgehead atoms. The molecule has 0 radical (unpaired) electrons. The number of carbonyl (C=O) groups is 1. The molecule has 1 saturated heterocycles. The number of anilines is 1. The maximum atomic E-state index is 12.8. The molecule has 3 rings (SSSR count). The van der Waals surface area contributed by atoms with Crippen LogP contribution in [-0.2, 0) is 0 Å². The number of nitrogens with zero attached hydrogens (tertiary/aromatic N) is 1. The molecule has 104 valence electrons. The molecule has 3 nitrogen and oxygen atoms in total.